The van der Waals surface area contributed by atoms with E-state index in [9.17, 15) is 19.8 Å². The van der Waals surface area contributed by atoms with Crippen molar-refractivity contribution in [1.82, 2.24) is 5.32 Å². The minimum Gasteiger partial charge on any atom is -0.466 e. The molecule has 2 unspecified atom stereocenters. The summed E-state index contributed by atoms with van der Waals surface area (Å²) in [5, 5.41) is 23.3. The Balaban J connectivity index is 3.49. The summed E-state index contributed by atoms with van der Waals surface area (Å²) in [6.45, 7) is 4.85. The van der Waals surface area contributed by atoms with Crippen LogP contribution in [-0.4, -0.2) is 47.4 Å². The van der Waals surface area contributed by atoms with E-state index in [0.717, 1.165) is 83.5 Å². The Morgan fingerprint density at radius 3 is 1.26 bits per heavy atom. The van der Waals surface area contributed by atoms with E-state index < -0.39 is 12.1 Å². The van der Waals surface area contributed by atoms with E-state index >= 15 is 0 Å². The van der Waals surface area contributed by atoms with E-state index in [1.807, 2.05) is 0 Å². The second kappa shape index (κ2) is 57.4. The van der Waals surface area contributed by atoms with Crippen LogP contribution in [0.4, 0.5) is 0 Å². The molecule has 0 aliphatic carbocycles. The number of rotatable bonds is 55. The molecule has 0 aromatic heterocycles. The number of aliphatic hydroxyl groups excluding tert-OH is 2. The molecule has 0 bridgehead atoms. The molecule has 6 heteroatoms. The Labute approximate surface area is 423 Å². The van der Waals surface area contributed by atoms with Gasteiger partial charge in [0.15, 0.2) is 0 Å². The van der Waals surface area contributed by atoms with Gasteiger partial charge in [-0.25, -0.2) is 0 Å². The molecule has 0 aromatic rings. The first-order valence-electron chi connectivity index (χ1n) is 29.9. The Kier molecular flexibility index (Phi) is 55.6. The molecule has 398 valence electrons. The molecule has 6 nitrogen and oxygen atoms in total. The first-order valence-corrected chi connectivity index (χ1v) is 29.9. The lowest BCUT2D eigenvalue weighted by Crippen LogP contribution is -2.45. The number of carbonyl (C=O) groups excluding carboxylic acids is 2. The molecule has 0 spiro atoms. The van der Waals surface area contributed by atoms with Crippen LogP contribution in [0.5, 0.6) is 0 Å². The van der Waals surface area contributed by atoms with Crippen LogP contribution in [0.2, 0.25) is 0 Å². The zero-order chi connectivity index (χ0) is 49.3. The third-order valence-electron chi connectivity index (χ3n) is 13.6. The van der Waals surface area contributed by atoms with Crippen molar-refractivity contribution in [3.05, 3.63) is 48.6 Å². The molecule has 0 saturated heterocycles. The molecule has 0 radical (unpaired) electrons. The van der Waals surface area contributed by atoms with Crippen LogP contribution in [0.15, 0.2) is 48.6 Å². The highest BCUT2D eigenvalue weighted by molar-refractivity contribution is 5.76. The van der Waals surface area contributed by atoms with Crippen molar-refractivity contribution in [2.24, 2.45) is 0 Å². The zero-order valence-electron chi connectivity index (χ0n) is 45.3. The third-order valence-corrected chi connectivity index (χ3v) is 13.6. The largest absolute Gasteiger partial charge is 0.466 e. The van der Waals surface area contributed by atoms with E-state index in [1.54, 1.807) is 0 Å². The highest BCUT2D eigenvalue weighted by Crippen LogP contribution is 2.17. The molecule has 68 heavy (non-hydrogen) atoms. The molecular weight excluding hydrogens is 839 g/mol. The fraction of sp³-hybridized carbons (Fsp3) is 0.839. The minimum atomic E-state index is -0.673. The summed E-state index contributed by atoms with van der Waals surface area (Å²) in [7, 11) is 0. The quantitative estimate of drug-likeness (QED) is 0.0244. The maximum Gasteiger partial charge on any atom is 0.305 e. The number of carbonyl (C=O) groups is 2. The lowest BCUT2D eigenvalue weighted by Gasteiger charge is -2.22. The standard InChI is InChI=1S/C62H115NO5/c1-3-5-7-9-11-13-15-17-18-19-21-24-27-31-34-38-42-46-50-54-60(65)59(58-64)63-61(66)55-51-47-43-39-35-32-28-25-22-20-23-26-29-33-37-41-45-49-53-57-68-62(67)56-52-48-44-40-36-30-16-14-12-10-8-6-4-2/h8,10,14,16,26,29,33,37,59-60,64-65H,3-7,9,11-13,15,17-25,27-28,30-32,34-36,38-58H2,1-2H3,(H,63,66)/b10-8-,16-14-,29-26-,37-33-. The van der Waals surface area contributed by atoms with Crippen LogP contribution in [-0.2, 0) is 14.3 Å². The highest BCUT2D eigenvalue weighted by Gasteiger charge is 2.20. The first-order chi connectivity index (χ1) is 33.5. The Bertz CT molecular complexity index is 1150. The molecule has 0 rings (SSSR count). The number of unbranched alkanes of at least 4 members (excludes halogenated alkanes) is 37. The van der Waals surface area contributed by atoms with Gasteiger partial charge < -0.3 is 20.3 Å². The van der Waals surface area contributed by atoms with Gasteiger partial charge in [0.1, 0.15) is 0 Å². The summed E-state index contributed by atoms with van der Waals surface area (Å²) >= 11 is 0. The number of amides is 1. The number of hydrogen-bond acceptors (Lipinski definition) is 5. The maximum atomic E-state index is 12.5. The van der Waals surface area contributed by atoms with Crippen LogP contribution in [0, 0.1) is 0 Å². The van der Waals surface area contributed by atoms with E-state index in [2.05, 4.69) is 67.8 Å². The summed E-state index contributed by atoms with van der Waals surface area (Å²) < 4.78 is 5.44. The van der Waals surface area contributed by atoms with E-state index in [1.165, 1.54) is 193 Å². The van der Waals surface area contributed by atoms with Crippen molar-refractivity contribution in [3.63, 3.8) is 0 Å². The lowest BCUT2D eigenvalue weighted by molar-refractivity contribution is -0.143. The fourth-order valence-electron chi connectivity index (χ4n) is 9.02. The normalized spacial score (nSPS) is 12.9. The van der Waals surface area contributed by atoms with Crippen LogP contribution in [0.3, 0.4) is 0 Å². The highest BCUT2D eigenvalue weighted by atomic mass is 16.5. The smallest absolute Gasteiger partial charge is 0.305 e. The first kappa shape index (κ1) is 65.8. The maximum absolute atomic E-state index is 12.5. The van der Waals surface area contributed by atoms with Crippen molar-refractivity contribution in [1.29, 1.82) is 0 Å². The summed E-state index contributed by atoms with van der Waals surface area (Å²) in [5.41, 5.74) is 0. The predicted molar refractivity (Wildman–Crippen MR) is 296 cm³/mol. The number of hydrogen-bond donors (Lipinski definition) is 3. The Morgan fingerprint density at radius 2 is 0.809 bits per heavy atom. The monoisotopic (exact) mass is 954 g/mol. The summed E-state index contributed by atoms with van der Waals surface area (Å²) in [5.74, 6) is -0.0726. The van der Waals surface area contributed by atoms with Gasteiger partial charge in [-0.3, -0.25) is 9.59 Å². The van der Waals surface area contributed by atoms with Gasteiger partial charge >= 0.3 is 5.97 Å². The molecule has 2 atom stereocenters. The van der Waals surface area contributed by atoms with Gasteiger partial charge in [-0.2, -0.15) is 0 Å². The third kappa shape index (κ3) is 53.2. The zero-order valence-corrected chi connectivity index (χ0v) is 45.3. The number of esters is 1. The van der Waals surface area contributed by atoms with Crippen molar-refractivity contribution in [2.75, 3.05) is 13.2 Å². The average molecular weight is 955 g/mol. The molecule has 0 heterocycles. The fourth-order valence-corrected chi connectivity index (χ4v) is 9.02. The number of aliphatic hydroxyl groups is 2. The van der Waals surface area contributed by atoms with E-state index in [-0.39, 0.29) is 18.5 Å². The molecule has 0 aliphatic heterocycles. The van der Waals surface area contributed by atoms with Gasteiger partial charge in [-0.05, 0) is 83.5 Å². The second-order valence-corrected chi connectivity index (χ2v) is 20.4. The van der Waals surface area contributed by atoms with Crippen LogP contribution in [0.25, 0.3) is 0 Å². The van der Waals surface area contributed by atoms with Gasteiger partial charge in [0.05, 0.1) is 25.4 Å². The second-order valence-electron chi connectivity index (χ2n) is 20.4. The number of allylic oxidation sites excluding steroid dienone is 8. The topological polar surface area (TPSA) is 95.9 Å². The molecule has 3 N–H and O–H groups in total. The summed E-state index contributed by atoms with van der Waals surface area (Å²) in [6, 6.07) is -0.551. The number of ether oxygens (including phenoxy) is 1. The molecule has 0 aromatic carbocycles. The van der Waals surface area contributed by atoms with Crippen LogP contribution in [0.1, 0.15) is 309 Å². The van der Waals surface area contributed by atoms with Crippen molar-refractivity contribution in [3.8, 4) is 0 Å². The van der Waals surface area contributed by atoms with E-state index in [4.69, 9.17) is 4.74 Å². The molecule has 1 amide bonds. The SMILES string of the molecule is CCC/C=C\C/C=C\CCCCCCCC(=O)OCCCCC/C=C\C=C/CCCCCCCCCCCCC(=O)NC(CO)C(O)CCCCCCCCCCCCCCCCCCCCC. The average Bonchev–Trinajstić information content (AvgIpc) is 3.34. The lowest BCUT2D eigenvalue weighted by atomic mass is 10.0. The summed E-state index contributed by atoms with van der Waals surface area (Å²) in [4.78, 5) is 24.5. The van der Waals surface area contributed by atoms with Gasteiger partial charge in [0, 0.05) is 12.8 Å². The molecule has 0 fully saturated rings. The Hall–Kier alpha value is -2.18. The van der Waals surface area contributed by atoms with Gasteiger partial charge in [0.2, 0.25) is 5.91 Å². The van der Waals surface area contributed by atoms with Gasteiger partial charge in [-0.1, -0.05) is 262 Å². The summed E-state index contributed by atoms with van der Waals surface area (Å²) in [6.07, 6.45) is 72.5. The van der Waals surface area contributed by atoms with Gasteiger partial charge in [-0.15, -0.1) is 0 Å². The molecule has 0 saturated carbocycles. The molecular formula is C62H115NO5. The number of nitrogens with one attached hydrogen (secondary N) is 1. The van der Waals surface area contributed by atoms with Crippen molar-refractivity contribution in [2.45, 2.75) is 321 Å². The van der Waals surface area contributed by atoms with Crippen LogP contribution >= 0.6 is 0 Å². The predicted octanol–water partition coefficient (Wildman–Crippen LogP) is 18.6. The van der Waals surface area contributed by atoms with Crippen molar-refractivity contribution >= 4 is 11.9 Å². The minimum absolute atomic E-state index is 0.0289. The Morgan fingerprint density at radius 1 is 0.426 bits per heavy atom. The van der Waals surface area contributed by atoms with Gasteiger partial charge in [0.25, 0.3) is 0 Å². The van der Waals surface area contributed by atoms with E-state index in [0.29, 0.717) is 25.9 Å². The molecule has 0 aliphatic rings. The van der Waals surface area contributed by atoms with Crippen molar-refractivity contribution < 1.29 is 24.5 Å². The van der Waals surface area contributed by atoms with Crippen LogP contribution < -0.4 is 5.32 Å².